The van der Waals surface area contributed by atoms with Crippen LogP contribution in [0.2, 0.25) is 5.02 Å². The van der Waals surface area contributed by atoms with Crippen LogP contribution in [0.15, 0.2) is 23.1 Å². The number of carbonyl (C=O) groups excluding carboxylic acids is 1. The maximum Gasteiger partial charge on any atom is 0.255 e. The number of unbranched alkanes of at least 4 members (excludes halogenated alkanes) is 1. The molecular formula is C16H25ClN2O3S. The molecule has 7 heteroatoms. The highest BCUT2D eigenvalue weighted by Crippen LogP contribution is 2.22. The maximum atomic E-state index is 12.6. The SMILES string of the molecule is CCCCN(CC)C(=O)c1cc(S(=O)(=O)NC(C)C)ccc1Cl. The van der Waals surface area contributed by atoms with Crippen molar-refractivity contribution in [2.75, 3.05) is 13.1 Å². The minimum absolute atomic E-state index is 0.0468. The first kappa shape index (κ1) is 19.9. The van der Waals surface area contributed by atoms with Gasteiger partial charge < -0.3 is 4.90 Å². The van der Waals surface area contributed by atoms with E-state index in [9.17, 15) is 13.2 Å². The lowest BCUT2D eigenvalue weighted by Gasteiger charge is -2.21. The minimum Gasteiger partial charge on any atom is -0.339 e. The number of nitrogens with zero attached hydrogens (tertiary/aromatic N) is 1. The molecule has 1 aromatic carbocycles. The molecule has 0 heterocycles. The topological polar surface area (TPSA) is 66.5 Å². The van der Waals surface area contributed by atoms with Gasteiger partial charge in [0.1, 0.15) is 0 Å². The van der Waals surface area contributed by atoms with Crippen molar-refractivity contribution in [2.24, 2.45) is 0 Å². The summed E-state index contributed by atoms with van der Waals surface area (Å²) >= 11 is 6.12. The summed E-state index contributed by atoms with van der Waals surface area (Å²) in [5, 5.41) is 0.258. The van der Waals surface area contributed by atoms with Gasteiger partial charge in [-0.1, -0.05) is 24.9 Å². The van der Waals surface area contributed by atoms with Gasteiger partial charge in [0.15, 0.2) is 0 Å². The average Bonchev–Trinajstić information content (AvgIpc) is 2.46. The Morgan fingerprint density at radius 1 is 1.30 bits per heavy atom. The van der Waals surface area contributed by atoms with E-state index >= 15 is 0 Å². The largest absolute Gasteiger partial charge is 0.339 e. The van der Waals surface area contributed by atoms with Crippen molar-refractivity contribution < 1.29 is 13.2 Å². The van der Waals surface area contributed by atoms with Gasteiger partial charge in [-0.05, 0) is 45.4 Å². The Hall–Kier alpha value is -1.11. The molecule has 0 saturated carbocycles. The van der Waals surface area contributed by atoms with E-state index in [4.69, 9.17) is 11.6 Å². The predicted molar refractivity (Wildman–Crippen MR) is 93.4 cm³/mol. The van der Waals surface area contributed by atoms with Crippen LogP contribution in [0.5, 0.6) is 0 Å². The molecule has 130 valence electrons. The van der Waals surface area contributed by atoms with E-state index in [1.165, 1.54) is 18.2 Å². The Bertz CT molecular complexity index is 645. The van der Waals surface area contributed by atoms with Crippen LogP contribution in [0.3, 0.4) is 0 Å². The number of rotatable bonds is 8. The van der Waals surface area contributed by atoms with E-state index in [1.807, 2.05) is 6.92 Å². The highest BCUT2D eigenvalue weighted by molar-refractivity contribution is 7.89. The molecule has 0 saturated heterocycles. The molecule has 0 aliphatic rings. The lowest BCUT2D eigenvalue weighted by molar-refractivity contribution is 0.0762. The molecule has 5 nitrogen and oxygen atoms in total. The van der Waals surface area contributed by atoms with Crippen molar-refractivity contribution in [1.29, 1.82) is 0 Å². The number of hydrogen-bond donors (Lipinski definition) is 1. The molecule has 0 unspecified atom stereocenters. The average molecular weight is 361 g/mol. The van der Waals surface area contributed by atoms with Crippen LogP contribution in [0.25, 0.3) is 0 Å². The normalized spacial score (nSPS) is 11.7. The van der Waals surface area contributed by atoms with Gasteiger partial charge in [0.25, 0.3) is 5.91 Å². The number of halogens is 1. The second-order valence-electron chi connectivity index (χ2n) is 5.66. The molecule has 1 aromatic rings. The van der Waals surface area contributed by atoms with Crippen LogP contribution < -0.4 is 4.72 Å². The summed E-state index contributed by atoms with van der Waals surface area (Å²) in [6, 6.07) is 3.99. The molecule has 1 rings (SSSR count). The third-order valence-corrected chi connectivity index (χ3v) is 5.31. The minimum atomic E-state index is -3.66. The zero-order valence-corrected chi connectivity index (χ0v) is 15.7. The van der Waals surface area contributed by atoms with Crippen molar-refractivity contribution >= 4 is 27.5 Å². The number of amides is 1. The van der Waals surface area contributed by atoms with Gasteiger partial charge in [0, 0.05) is 19.1 Å². The maximum absolute atomic E-state index is 12.6. The van der Waals surface area contributed by atoms with Crippen LogP contribution in [-0.2, 0) is 10.0 Å². The molecule has 0 aliphatic heterocycles. The number of carbonyl (C=O) groups is 1. The van der Waals surface area contributed by atoms with Crippen LogP contribution in [0, 0.1) is 0 Å². The molecule has 1 amide bonds. The smallest absolute Gasteiger partial charge is 0.255 e. The van der Waals surface area contributed by atoms with E-state index in [2.05, 4.69) is 11.6 Å². The van der Waals surface area contributed by atoms with Gasteiger partial charge in [-0.25, -0.2) is 13.1 Å². The first-order valence-electron chi connectivity index (χ1n) is 7.84. The fourth-order valence-electron chi connectivity index (χ4n) is 2.14. The molecule has 0 fully saturated rings. The third kappa shape index (κ3) is 5.48. The lowest BCUT2D eigenvalue weighted by Crippen LogP contribution is -2.33. The van der Waals surface area contributed by atoms with Crippen LogP contribution in [0.1, 0.15) is 50.9 Å². The molecule has 0 bridgehead atoms. The summed E-state index contributed by atoms with van der Waals surface area (Å²) < 4.78 is 27.0. The van der Waals surface area contributed by atoms with E-state index in [0.717, 1.165) is 12.8 Å². The van der Waals surface area contributed by atoms with Crippen LogP contribution in [0.4, 0.5) is 0 Å². The first-order valence-corrected chi connectivity index (χ1v) is 9.70. The highest BCUT2D eigenvalue weighted by atomic mass is 35.5. The number of benzene rings is 1. The zero-order chi connectivity index (χ0) is 17.6. The standard InChI is InChI=1S/C16H25ClN2O3S/c1-5-7-10-19(6-2)16(20)14-11-13(8-9-15(14)17)23(21,22)18-12(3)4/h8-9,11-12,18H,5-7,10H2,1-4H3. The van der Waals surface area contributed by atoms with Gasteiger partial charge in [-0.2, -0.15) is 0 Å². The summed E-state index contributed by atoms with van der Waals surface area (Å²) in [7, 11) is -3.66. The molecular weight excluding hydrogens is 336 g/mol. The van der Waals surface area contributed by atoms with E-state index in [1.54, 1.807) is 18.7 Å². The second-order valence-corrected chi connectivity index (χ2v) is 7.78. The summed E-state index contributed by atoms with van der Waals surface area (Å²) in [6.45, 7) is 8.60. The van der Waals surface area contributed by atoms with E-state index in [-0.39, 0.29) is 27.4 Å². The zero-order valence-electron chi connectivity index (χ0n) is 14.1. The van der Waals surface area contributed by atoms with E-state index in [0.29, 0.717) is 13.1 Å². The molecule has 1 N–H and O–H groups in total. The predicted octanol–water partition coefficient (Wildman–Crippen LogP) is 3.29. The Labute approximate surface area is 144 Å². The molecule has 0 spiro atoms. The monoisotopic (exact) mass is 360 g/mol. The lowest BCUT2D eigenvalue weighted by atomic mass is 10.2. The van der Waals surface area contributed by atoms with Crippen molar-refractivity contribution in [1.82, 2.24) is 9.62 Å². The Balaban J connectivity index is 3.17. The summed E-state index contributed by atoms with van der Waals surface area (Å²) in [6.07, 6.45) is 1.87. The van der Waals surface area contributed by atoms with Gasteiger partial charge in [-0.15, -0.1) is 0 Å². The number of hydrogen-bond acceptors (Lipinski definition) is 3. The Morgan fingerprint density at radius 2 is 1.96 bits per heavy atom. The van der Waals surface area contributed by atoms with Crippen molar-refractivity contribution in [3.63, 3.8) is 0 Å². The highest BCUT2D eigenvalue weighted by Gasteiger charge is 2.22. The molecule has 0 atom stereocenters. The quantitative estimate of drug-likeness (QED) is 0.773. The Kier molecular flexibility index (Phi) is 7.51. The van der Waals surface area contributed by atoms with Crippen molar-refractivity contribution in [2.45, 2.75) is 51.5 Å². The van der Waals surface area contributed by atoms with E-state index < -0.39 is 10.0 Å². The number of sulfonamides is 1. The fraction of sp³-hybridized carbons (Fsp3) is 0.562. The van der Waals surface area contributed by atoms with Gasteiger partial charge in [0.05, 0.1) is 15.5 Å². The molecule has 23 heavy (non-hydrogen) atoms. The van der Waals surface area contributed by atoms with Gasteiger partial charge in [-0.3, -0.25) is 4.79 Å². The Morgan fingerprint density at radius 3 is 2.48 bits per heavy atom. The van der Waals surface area contributed by atoms with Gasteiger partial charge >= 0.3 is 0 Å². The van der Waals surface area contributed by atoms with Crippen LogP contribution >= 0.6 is 11.6 Å². The second kappa shape index (κ2) is 8.66. The first-order chi connectivity index (χ1) is 10.7. The molecule has 0 aliphatic carbocycles. The summed E-state index contributed by atoms with van der Waals surface area (Å²) in [5.74, 6) is -0.243. The summed E-state index contributed by atoms with van der Waals surface area (Å²) in [5.41, 5.74) is 0.219. The van der Waals surface area contributed by atoms with Crippen molar-refractivity contribution in [3.05, 3.63) is 28.8 Å². The van der Waals surface area contributed by atoms with Crippen LogP contribution in [-0.4, -0.2) is 38.4 Å². The van der Waals surface area contributed by atoms with Crippen molar-refractivity contribution in [3.8, 4) is 0 Å². The molecule has 0 radical (unpaired) electrons. The molecule has 0 aromatic heterocycles. The fourth-order valence-corrected chi connectivity index (χ4v) is 3.61. The summed E-state index contributed by atoms with van der Waals surface area (Å²) in [4.78, 5) is 14.4. The van der Waals surface area contributed by atoms with Gasteiger partial charge in [0.2, 0.25) is 10.0 Å². The third-order valence-electron chi connectivity index (χ3n) is 3.32. The number of nitrogens with one attached hydrogen (secondary N) is 1.